The maximum Gasteiger partial charge on any atom is 0.218 e. The molecule has 0 N–H and O–H groups in total. The van der Waals surface area contributed by atoms with Gasteiger partial charge in [-0.3, -0.25) is 0 Å². The topological polar surface area (TPSA) is 47.5 Å². The highest BCUT2D eigenvalue weighted by molar-refractivity contribution is 5.41. The Bertz CT molecular complexity index is 332. The predicted molar refractivity (Wildman–Crippen MR) is 56.2 cm³/mol. The van der Waals surface area contributed by atoms with Crippen LogP contribution < -0.4 is 9.64 Å². The van der Waals surface area contributed by atoms with E-state index in [9.17, 15) is 0 Å². The Kier molecular flexibility index (Phi) is 3.01. The zero-order valence-electron chi connectivity index (χ0n) is 9.01. The van der Waals surface area contributed by atoms with E-state index in [1.54, 1.807) is 7.11 Å². The van der Waals surface area contributed by atoms with E-state index in [1.807, 2.05) is 6.07 Å². The Hall–Kier alpha value is -1.36. The van der Waals surface area contributed by atoms with Gasteiger partial charge in [-0.2, -0.15) is 0 Å². The van der Waals surface area contributed by atoms with Crippen LogP contribution in [0.3, 0.4) is 0 Å². The van der Waals surface area contributed by atoms with Crippen LogP contribution >= 0.6 is 0 Å². The summed E-state index contributed by atoms with van der Waals surface area (Å²) in [6.07, 6.45) is 1.77. The number of morpholine rings is 1. The van der Waals surface area contributed by atoms with Gasteiger partial charge in [0.05, 0.1) is 19.8 Å². The minimum atomic E-state index is 0.250. The summed E-state index contributed by atoms with van der Waals surface area (Å²) in [5.74, 6) is 1.50. The molecule has 0 saturated carbocycles. The Morgan fingerprint density at radius 2 is 2.40 bits per heavy atom. The first-order valence-electron chi connectivity index (χ1n) is 5.02. The summed E-state index contributed by atoms with van der Waals surface area (Å²) >= 11 is 0. The van der Waals surface area contributed by atoms with Crippen molar-refractivity contribution in [3.63, 3.8) is 0 Å². The van der Waals surface area contributed by atoms with Gasteiger partial charge in [-0.1, -0.05) is 0 Å². The van der Waals surface area contributed by atoms with Crippen molar-refractivity contribution in [2.45, 2.75) is 13.0 Å². The van der Waals surface area contributed by atoms with Crippen molar-refractivity contribution in [2.24, 2.45) is 0 Å². The van der Waals surface area contributed by atoms with Crippen LogP contribution in [0.2, 0.25) is 0 Å². The summed E-state index contributed by atoms with van der Waals surface area (Å²) in [5, 5.41) is 0. The van der Waals surface area contributed by atoms with Gasteiger partial charge in [-0.05, 0) is 6.92 Å². The van der Waals surface area contributed by atoms with E-state index in [-0.39, 0.29) is 6.10 Å². The van der Waals surface area contributed by atoms with Crippen molar-refractivity contribution >= 4 is 5.82 Å². The molecule has 1 aliphatic heterocycles. The fourth-order valence-electron chi connectivity index (χ4n) is 1.64. The maximum absolute atomic E-state index is 5.47. The molecule has 5 nitrogen and oxygen atoms in total. The lowest BCUT2D eigenvalue weighted by Gasteiger charge is -2.31. The van der Waals surface area contributed by atoms with Crippen molar-refractivity contribution in [1.82, 2.24) is 9.97 Å². The minimum Gasteiger partial charge on any atom is -0.481 e. The van der Waals surface area contributed by atoms with Crippen LogP contribution in [0.4, 0.5) is 5.82 Å². The summed E-state index contributed by atoms with van der Waals surface area (Å²) in [6, 6.07) is 1.85. The third-order valence-electron chi connectivity index (χ3n) is 2.40. The summed E-state index contributed by atoms with van der Waals surface area (Å²) in [4.78, 5) is 10.4. The van der Waals surface area contributed by atoms with Gasteiger partial charge in [0.1, 0.15) is 12.1 Å². The van der Waals surface area contributed by atoms with Crippen LogP contribution in [-0.4, -0.2) is 42.9 Å². The minimum absolute atomic E-state index is 0.250. The fraction of sp³-hybridized carbons (Fsp3) is 0.600. The Labute approximate surface area is 89.0 Å². The smallest absolute Gasteiger partial charge is 0.218 e. The lowest BCUT2D eigenvalue weighted by molar-refractivity contribution is 0.0529. The average molecular weight is 209 g/mol. The van der Waals surface area contributed by atoms with Crippen LogP contribution in [0, 0.1) is 0 Å². The summed E-state index contributed by atoms with van der Waals surface area (Å²) in [6.45, 7) is 4.53. The molecule has 82 valence electrons. The Morgan fingerprint density at radius 1 is 1.53 bits per heavy atom. The lowest BCUT2D eigenvalue weighted by Crippen LogP contribution is -2.41. The molecule has 1 fully saturated rings. The Morgan fingerprint density at radius 3 is 3.13 bits per heavy atom. The van der Waals surface area contributed by atoms with Gasteiger partial charge in [-0.25, -0.2) is 9.97 Å². The van der Waals surface area contributed by atoms with Crippen LogP contribution in [-0.2, 0) is 4.74 Å². The molecule has 1 atom stereocenters. The second-order valence-corrected chi connectivity index (χ2v) is 3.55. The molecule has 0 radical (unpaired) electrons. The normalized spacial score (nSPS) is 21.5. The third kappa shape index (κ3) is 2.36. The van der Waals surface area contributed by atoms with Crippen LogP contribution in [0.25, 0.3) is 0 Å². The molecule has 0 spiro atoms. The Balaban J connectivity index is 2.13. The van der Waals surface area contributed by atoms with Crippen molar-refractivity contribution in [3.05, 3.63) is 12.4 Å². The van der Waals surface area contributed by atoms with Gasteiger partial charge < -0.3 is 14.4 Å². The van der Waals surface area contributed by atoms with Gasteiger partial charge >= 0.3 is 0 Å². The van der Waals surface area contributed by atoms with E-state index in [0.717, 1.165) is 25.5 Å². The lowest BCUT2D eigenvalue weighted by atomic mass is 10.3. The molecule has 0 aromatic carbocycles. The molecule has 0 unspecified atom stereocenters. The predicted octanol–water partition coefficient (Wildman–Crippen LogP) is 0.710. The van der Waals surface area contributed by atoms with Gasteiger partial charge in [0.25, 0.3) is 0 Å². The van der Waals surface area contributed by atoms with Crippen molar-refractivity contribution in [2.75, 3.05) is 31.7 Å². The second-order valence-electron chi connectivity index (χ2n) is 3.55. The number of nitrogens with zero attached hydrogens (tertiary/aromatic N) is 3. The quantitative estimate of drug-likeness (QED) is 0.718. The summed E-state index contributed by atoms with van der Waals surface area (Å²) in [5.41, 5.74) is 0. The first-order valence-corrected chi connectivity index (χ1v) is 5.02. The van der Waals surface area contributed by atoms with E-state index >= 15 is 0 Å². The molecule has 2 heterocycles. The molecule has 2 rings (SSSR count). The van der Waals surface area contributed by atoms with E-state index in [0.29, 0.717) is 5.88 Å². The third-order valence-corrected chi connectivity index (χ3v) is 2.40. The van der Waals surface area contributed by atoms with E-state index < -0.39 is 0 Å². The summed E-state index contributed by atoms with van der Waals surface area (Å²) in [7, 11) is 1.61. The van der Waals surface area contributed by atoms with E-state index in [4.69, 9.17) is 9.47 Å². The largest absolute Gasteiger partial charge is 0.481 e. The molecule has 15 heavy (non-hydrogen) atoms. The molecular formula is C10H15N3O2. The van der Waals surface area contributed by atoms with Crippen LogP contribution in [0.15, 0.2) is 12.4 Å². The number of aromatic nitrogens is 2. The molecule has 0 amide bonds. The molecule has 5 heteroatoms. The molecule has 1 aliphatic rings. The maximum atomic E-state index is 5.47. The number of methoxy groups -OCH3 is 1. The zero-order valence-corrected chi connectivity index (χ0v) is 9.01. The van der Waals surface area contributed by atoms with E-state index in [2.05, 4.69) is 21.8 Å². The highest BCUT2D eigenvalue weighted by Gasteiger charge is 2.18. The van der Waals surface area contributed by atoms with Crippen LogP contribution in [0.5, 0.6) is 5.88 Å². The highest BCUT2D eigenvalue weighted by Crippen LogP contribution is 2.17. The molecule has 0 aliphatic carbocycles. The number of hydrogen-bond acceptors (Lipinski definition) is 5. The second kappa shape index (κ2) is 4.44. The average Bonchev–Trinajstić information content (AvgIpc) is 2.29. The van der Waals surface area contributed by atoms with Crippen molar-refractivity contribution in [3.8, 4) is 5.88 Å². The van der Waals surface area contributed by atoms with Gasteiger partial charge in [0.15, 0.2) is 0 Å². The van der Waals surface area contributed by atoms with Gasteiger partial charge in [-0.15, -0.1) is 0 Å². The molecule has 1 aromatic rings. The number of hydrogen-bond donors (Lipinski definition) is 0. The van der Waals surface area contributed by atoms with Crippen molar-refractivity contribution < 1.29 is 9.47 Å². The van der Waals surface area contributed by atoms with Crippen LogP contribution in [0.1, 0.15) is 6.92 Å². The standard InChI is InChI=1S/C10H15N3O2/c1-8-6-13(3-4-15-8)9-5-10(14-2)12-7-11-9/h5,7-8H,3-4,6H2,1-2H3/t8-/m1/s1. The fourth-order valence-corrected chi connectivity index (χ4v) is 1.64. The highest BCUT2D eigenvalue weighted by atomic mass is 16.5. The monoisotopic (exact) mass is 209 g/mol. The number of rotatable bonds is 2. The van der Waals surface area contributed by atoms with E-state index in [1.165, 1.54) is 6.33 Å². The zero-order chi connectivity index (χ0) is 10.7. The first kappa shape index (κ1) is 10.2. The summed E-state index contributed by atoms with van der Waals surface area (Å²) < 4.78 is 10.5. The van der Waals surface area contributed by atoms with Gasteiger partial charge in [0, 0.05) is 19.2 Å². The SMILES string of the molecule is COc1cc(N2CCO[C@H](C)C2)ncn1. The number of anilines is 1. The van der Waals surface area contributed by atoms with Gasteiger partial charge in [0.2, 0.25) is 5.88 Å². The number of ether oxygens (including phenoxy) is 2. The molecule has 0 bridgehead atoms. The molecule has 1 aromatic heterocycles. The first-order chi connectivity index (χ1) is 7.29. The van der Waals surface area contributed by atoms with Crippen molar-refractivity contribution in [1.29, 1.82) is 0 Å². The molecular weight excluding hydrogens is 194 g/mol. The molecule has 1 saturated heterocycles.